The fourth-order valence-corrected chi connectivity index (χ4v) is 1.84. The summed E-state index contributed by atoms with van der Waals surface area (Å²) in [7, 11) is 0. The van der Waals surface area contributed by atoms with E-state index >= 15 is 0 Å². The van der Waals surface area contributed by atoms with E-state index < -0.39 is 0 Å². The monoisotopic (exact) mass is 299 g/mol. The lowest BCUT2D eigenvalue weighted by Crippen LogP contribution is -2.07. The molecule has 0 amide bonds. The molecular formula is C15H22ClNO3. The summed E-state index contributed by atoms with van der Waals surface area (Å²) in [6.45, 7) is 9.33. The van der Waals surface area contributed by atoms with Gasteiger partial charge in [0, 0.05) is 5.57 Å². The van der Waals surface area contributed by atoms with Crippen molar-refractivity contribution in [2.75, 3.05) is 12.3 Å². The van der Waals surface area contributed by atoms with Crippen molar-refractivity contribution < 1.29 is 14.6 Å². The first-order valence-corrected chi connectivity index (χ1v) is 6.24. The maximum Gasteiger partial charge on any atom is 0.333 e. The number of benzene rings is 1. The zero-order valence-electron chi connectivity index (χ0n) is 12.2. The van der Waals surface area contributed by atoms with Gasteiger partial charge in [0.2, 0.25) is 0 Å². The molecule has 0 fully saturated rings. The Morgan fingerprint density at radius 1 is 1.45 bits per heavy atom. The summed E-state index contributed by atoms with van der Waals surface area (Å²) < 4.78 is 5.01. The Morgan fingerprint density at radius 3 is 2.60 bits per heavy atom. The van der Waals surface area contributed by atoms with Gasteiger partial charge in [-0.15, -0.1) is 12.4 Å². The molecule has 3 N–H and O–H groups in total. The lowest BCUT2D eigenvalue weighted by molar-refractivity contribution is -0.139. The minimum atomic E-state index is -0.385. The molecule has 0 saturated carbocycles. The number of carbonyl (C=O) groups excluding carboxylic acids is 1. The molecule has 0 atom stereocenters. The van der Waals surface area contributed by atoms with E-state index in [0.717, 1.165) is 16.7 Å². The van der Waals surface area contributed by atoms with Gasteiger partial charge in [-0.3, -0.25) is 0 Å². The van der Waals surface area contributed by atoms with E-state index in [1.165, 1.54) is 0 Å². The average Bonchev–Trinajstić information content (AvgIpc) is 2.35. The number of carbonyl (C=O) groups is 1. The first-order chi connectivity index (χ1) is 8.84. The molecule has 0 bridgehead atoms. The van der Waals surface area contributed by atoms with Gasteiger partial charge in [-0.05, 0) is 56.4 Å². The second kappa shape index (κ2) is 7.80. The van der Waals surface area contributed by atoms with Crippen molar-refractivity contribution in [3.05, 3.63) is 34.9 Å². The highest BCUT2D eigenvalue weighted by atomic mass is 35.5. The predicted molar refractivity (Wildman–Crippen MR) is 83.3 cm³/mol. The Labute approximate surface area is 126 Å². The molecule has 0 saturated heterocycles. The van der Waals surface area contributed by atoms with Crippen molar-refractivity contribution in [2.24, 2.45) is 0 Å². The number of aryl methyl sites for hydroxylation is 1. The van der Waals surface area contributed by atoms with Crippen molar-refractivity contribution in [1.82, 2.24) is 0 Å². The van der Waals surface area contributed by atoms with Gasteiger partial charge >= 0.3 is 5.97 Å². The summed E-state index contributed by atoms with van der Waals surface area (Å²) in [5.41, 5.74) is 9.40. The van der Waals surface area contributed by atoms with Crippen LogP contribution < -0.4 is 5.73 Å². The number of aromatic hydroxyl groups is 1. The van der Waals surface area contributed by atoms with Crippen LogP contribution in [-0.2, 0) is 16.0 Å². The zero-order chi connectivity index (χ0) is 14.6. The van der Waals surface area contributed by atoms with Gasteiger partial charge in [-0.1, -0.05) is 6.58 Å². The molecular weight excluding hydrogens is 278 g/mol. The van der Waals surface area contributed by atoms with E-state index in [9.17, 15) is 9.90 Å². The van der Waals surface area contributed by atoms with Crippen LogP contribution in [0, 0.1) is 13.8 Å². The molecule has 1 aromatic rings. The largest absolute Gasteiger partial charge is 0.505 e. The molecule has 1 rings (SSSR count). The summed E-state index contributed by atoms with van der Waals surface area (Å²) in [4.78, 5) is 11.2. The van der Waals surface area contributed by atoms with Crippen LogP contribution in [0.5, 0.6) is 5.75 Å². The van der Waals surface area contributed by atoms with E-state index in [0.29, 0.717) is 30.7 Å². The Kier molecular flexibility index (Phi) is 7.14. The van der Waals surface area contributed by atoms with Crippen molar-refractivity contribution >= 4 is 24.1 Å². The third-order valence-corrected chi connectivity index (χ3v) is 3.13. The van der Waals surface area contributed by atoms with Gasteiger partial charge < -0.3 is 15.6 Å². The third kappa shape index (κ3) is 4.46. The molecule has 0 spiro atoms. The molecule has 20 heavy (non-hydrogen) atoms. The second-order valence-electron chi connectivity index (χ2n) is 4.75. The molecule has 0 aliphatic rings. The maximum atomic E-state index is 11.2. The van der Waals surface area contributed by atoms with Crippen LogP contribution in [0.1, 0.15) is 30.0 Å². The molecule has 0 unspecified atom stereocenters. The van der Waals surface area contributed by atoms with Crippen LogP contribution in [0.25, 0.3) is 0 Å². The topological polar surface area (TPSA) is 72.5 Å². The number of nitrogens with two attached hydrogens (primary N) is 1. The zero-order valence-corrected chi connectivity index (χ0v) is 13.0. The number of phenols is 1. The first kappa shape index (κ1) is 18.3. The Bertz CT molecular complexity index is 486. The first-order valence-electron chi connectivity index (χ1n) is 6.24. The van der Waals surface area contributed by atoms with E-state index in [1.807, 2.05) is 13.8 Å². The van der Waals surface area contributed by atoms with Gasteiger partial charge in [0.05, 0.1) is 12.3 Å². The van der Waals surface area contributed by atoms with E-state index in [1.54, 1.807) is 13.0 Å². The summed E-state index contributed by atoms with van der Waals surface area (Å²) >= 11 is 0. The van der Waals surface area contributed by atoms with E-state index in [4.69, 9.17) is 10.5 Å². The highest BCUT2D eigenvalue weighted by Gasteiger charge is 2.11. The normalized spacial score (nSPS) is 9.75. The van der Waals surface area contributed by atoms with Crippen LogP contribution in [0.15, 0.2) is 18.2 Å². The van der Waals surface area contributed by atoms with Gasteiger partial charge in [0.25, 0.3) is 0 Å². The molecule has 0 radical (unpaired) electrons. The smallest absolute Gasteiger partial charge is 0.333 e. The quantitative estimate of drug-likeness (QED) is 0.288. The predicted octanol–water partition coefficient (Wildman–Crippen LogP) is 3.06. The van der Waals surface area contributed by atoms with Crippen molar-refractivity contribution in [3.8, 4) is 5.75 Å². The number of rotatable bonds is 5. The van der Waals surface area contributed by atoms with Gasteiger partial charge in [0.1, 0.15) is 5.75 Å². The minimum absolute atomic E-state index is 0. The van der Waals surface area contributed by atoms with Crippen LogP contribution in [-0.4, -0.2) is 17.7 Å². The molecule has 0 aliphatic heterocycles. The Morgan fingerprint density at radius 2 is 2.05 bits per heavy atom. The van der Waals surface area contributed by atoms with Crippen LogP contribution in [0.4, 0.5) is 5.69 Å². The fourth-order valence-electron chi connectivity index (χ4n) is 1.84. The number of hydrogen-bond donors (Lipinski definition) is 2. The highest BCUT2D eigenvalue weighted by molar-refractivity contribution is 5.86. The number of phenolic OH excluding ortho intramolecular Hbond substituents is 1. The van der Waals surface area contributed by atoms with E-state index in [2.05, 4.69) is 6.58 Å². The van der Waals surface area contributed by atoms with Gasteiger partial charge in [-0.2, -0.15) is 0 Å². The van der Waals surface area contributed by atoms with Crippen LogP contribution in [0.3, 0.4) is 0 Å². The van der Waals surface area contributed by atoms with Crippen molar-refractivity contribution in [2.45, 2.75) is 33.6 Å². The Hall–Kier alpha value is -1.68. The number of esters is 1. The molecule has 0 aliphatic carbocycles. The lowest BCUT2D eigenvalue weighted by atomic mass is 9.97. The Balaban J connectivity index is 0.00000361. The average molecular weight is 300 g/mol. The molecule has 5 heteroatoms. The number of halogens is 1. The highest BCUT2D eigenvalue weighted by Crippen LogP contribution is 2.31. The number of anilines is 1. The maximum absolute atomic E-state index is 11.2. The van der Waals surface area contributed by atoms with E-state index in [-0.39, 0.29) is 24.1 Å². The van der Waals surface area contributed by atoms with Crippen molar-refractivity contribution in [3.63, 3.8) is 0 Å². The third-order valence-electron chi connectivity index (χ3n) is 3.13. The second-order valence-corrected chi connectivity index (χ2v) is 4.75. The lowest BCUT2D eigenvalue weighted by Gasteiger charge is -2.13. The number of ether oxygens (including phenoxy) is 1. The standard InChI is InChI=1S/C15H21NO3.ClH/c1-9(2)15(18)19-7-5-6-12-11(4)10(3)8-13(16)14(12)17;/h8,17H,1,5-7,16H2,2-4H3;1H. The molecule has 112 valence electrons. The number of nitrogen functional groups attached to an aromatic ring is 1. The number of hydrogen-bond acceptors (Lipinski definition) is 4. The van der Waals surface area contributed by atoms with Gasteiger partial charge in [-0.25, -0.2) is 4.79 Å². The SMILES string of the molecule is C=C(C)C(=O)OCCCc1c(C)c(C)cc(N)c1O.Cl. The van der Waals surface area contributed by atoms with Gasteiger partial charge in [0.15, 0.2) is 0 Å². The molecule has 4 nitrogen and oxygen atoms in total. The molecule has 1 aromatic carbocycles. The summed E-state index contributed by atoms with van der Waals surface area (Å²) in [6, 6.07) is 1.76. The minimum Gasteiger partial charge on any atom is -0.505 e. The fraction of sp³-hybridized carbons (Fsp3) is 0.400. The molecule has 0 heterocycles. The molecule has 0 aromatic heterocycles. The summed E-state index contributed by atoms with van der Waals surface area (Å²) in [5, 5.41) is 9.95. The van der Waals surface area contributed by atoms with Crippen molar-refractivity contribution in [1.29, 1.82) is 0 Å². The van der Waals surface area contributed by atoms with Crippen LogP contribution >= 0.6 is 12.4 Å². The van der Waals surface area contributed by atoms with Crippen LogP contribution in [0.2, 0.25) is 0 Å². The summed E-state index contributed by atoms with van der Waals surface area (Å²) in [5.74, 6) is -0.251. The summed E-state index contributed by atoms with van der Waals surface area (Å²) in [6.07, 6.45) is 1.25.